The van der Waals surface area contributed by atoms with Crippen LogP contribution in [-0.2, 0) is 0 Å². The minimum Gasteiger partial charge on any atom is -0.459 e. The first-order chi connectivity index (χ1) is 8.29. The van der Waals surface area contributed by atoms with E-state index in [-0.39, 0.29) is 5.91 Å². The van der Waals surface area contributed by atoms with Crippen molar-refractivity contribution in [1.29, 1.82) is 0 Å². The Hall–Kier alpha value is -0.900. The van der Waals surface area contributed by atoms with Gasteiger partial charge in [-0.05, 0) is 44.1 Å². The van der Waals surface area contributed by atoms with Crippen molar-refractivity contribution in [1.82, 2.24) is 4.90 Å². The van der Waals surface area contributed by atoms with Crippen LogP contribution in [0.25, 0.3) is 0 Å². The lowest BCUT2D eigenvalue weighted by atomic mass is 10.0. The fourth-order valence-corrected chi connectivity index (χ4v) is 4.01. The van der Waals surface area contributed by atoms with Crippen molar-refractivity contribution in [2.45, 2.75) is 43.0 Å². The van der Waals surface area contributed by atoms with Gasteiger partial charge in [0.2, 0.25) is 0 Å². The predicted molar refractivity (Wildman–Crippen MR) is 68.2 cm³/mol. The maximum atomic E-state index is 12.3. The first-order valence-electron chi connectivity index (χ1n) is 6.18. The van der Waals surface area contributed by atoms with Crippen LogP contribution in [0.5, 0.6) is 0 Å². The van der Waals surface area contributed by atoms with Crippen LogP contribution in [0, 0.1) is 0 Å². The van der Waals surface area contributed by atoms with Crippen molar-refractivity contribution in [3.05, 3.63) is 24.2 Å². The number of furan rings is 1. The van der Waals surface area contributed by atoms with Crippen molar-refractivity contribution in [2.24, 2.45) is 0 Å². The summed E-state index contributed by atoms with van der Waals surface area (Å²) in [6, 6.07) is 4.42. The fraction of sp³-hybridized carbons (Fsp3) is 0.615. The fourth-order valence-electron chi connectivity index (χ4n) is 3.18. The SMILES string of the molecule is CSC1C[C@H]2CC[C@@H](C1)N2C(=O)c1ccco1. The number of carbonyl (C=O) groups is 1. The molecule has 92 valence electrons. The van der Waals surface area contributed by atoms with Crippen molar-refractivity contribution in [3.8, 4) is 0 Å². The Morgan fingerprint density at radius 2 is 2.12 bits per heavy atom. The summed E-state index contributed by atoms with van der Waals surface area (Å²) in [6.45, 7) is 0. The summed E-state index contributed by atoms with van der Waals surface area (Å²) in [7, 11) is 0. The minimum absolute atomic E-state index is 0.0852. The summed E-state index contributed by atoms with van der Waals surface area (Å²) in [4.78, 5) is 14.4. The van der Waals surface area contributed by atoms with Crippen LogP contribution < -0.4 is 0 Å². The second-order valence-electron chi connectivity index (χ2n) is 4.90. The van der Waals surface area contributed by atoms with E-state index in [9.17, 15) is 4.79 Å². The number of nitrogens with zero attached hydrogens (tertiary/aromatic N) is 1. The monoisotopic (exact) mass is 251 g/mol. The molecular weight excluding hydrogens is 234 g/mol. The molecule has 2 fully saturated rings. The number of thioether (sulfide) groups is 1. The van der Waals surface area contributed by atoms with E-state index in [0.29, 0.717) is 17.8 Å². The Labute approximate surface area is 106 Å². The number of carbonyl (C=O) groups excluding carboxylic acids is 1. The highest BCUT2D eigenvalue weighted by Gasteiger charge is 2.43. The molecule has 1 aromatic rings. The molecule has 0 aromatic carbocycles. The molecule has 2 aliphatic rings. The van der Waals surface area contributed by atoms with Crippen molar-refractivity contribution >= 4 is 17.7 Å². The lowest BCUT2D eigenvalue weighted by Crippen LogP contribution is -2.47. The maximum absolute atomic E-state index is 12.3. The number of rotatable bonds is 2. The molecule has 2 bridgehead atoms. The van der Waals surface area contributed by atoms with Gasteiger partial charge >= 0.3 is 0 Å². The van der Waals surface area contributed by atoms with Crippen molar-refractivity contribution in [2.75, 3.05) is 6.26 Å². The van der Waals surface area contributed by atoms with Gasteiger partial charge in [0.15, 0.2) is 5.76 Å². The van der Waals surface area contributed by atoms with E-state index < -0.39 is 0 Å². The molecule has 2 aliphatic heterocycles. The number of piperidine rings is 1. The molecule has 0 aliphatic carbocycles. The molecule has 3 nitrogen and oxygen atoms in total. The molecule has 0 spiro atoms. The predicted octanol–water partition coefficient (Wildman–Crippen LogP) is 2.78. The van der Waals surface area contributed by atoms with Gasteiger partial charge in [0.05, 0.1) is 6.26 Å². The third-order valence-corrected chi connectivity index (χ3v) is 5.04. The van der Waals surface area contributed by atoms with E-state index in [1.807, 2.05) is 11.8 Å². The molecule has 0 saturated carbocycles. The van der Waals surface area contributed by atoms with Crippen LogP contribution in [0.2, 0.25) is 0 Å². The summed E-state index contributed by atoms with van der Waals surface area (Å²) < 4.78 is 5.23. The molecule has 2 saturated heterocycles. The molecule has 3 atom stereocenters. The molecular formula is C13H17NO2S. The number of hydrogen-bond acceptors (Lipinski definition) is 3. The van der Waals surface area contributed by atoms with Gasteiger partial charge in [-0.15, -0.1) is 0 Å². The second-order valence-corrected chi connectivity index (χ2v) is 6.04. The van der Waals surface area contributed by atoms with Crippen LogP contribution in [0.1, 0.15) is 36.2 Å². The van der Waals surface area contributed by atoms with Gasteiger partial charge in [-0.3, -0.25) is 4.79 Å². The average Bonchev–Trinajstić information content (AvgIpc) is 2.95. The van der Waals surface area contributed by atoms with Gasteiger partial charge in [-0.25, -0.2) is 0 Å². The lowest BCUT2D eigenvalue weighted by molar-refractivity contribution is 0.0569. The Bertz CT molecular complexity index is 390. The zero-order valence-electron chi connectivity index (χ0n) is 9.96. The Balaban J connectivity index is 1.79. The zero-order valence-corrected chi connectivity index (χ0v) is 10.8. The second kappa shape index (κ2) is 4.41. The summed E-state index contributed by atoms with van der Waals surface area (Å²) in [5, 5.41) is 0.730. The molecule has 1 aromatic heterocycles. The van der Waals surface area contributed by atoms with E-state index in [0.717, 1.165) is 30.9 Å². The molecule has 0 radical (unpaired) electrons. The highest BCUT2D eigenvalue weighted by Crippen LogP contribution is 2.40. The van der Waals surface area contributed by atoms with Crippen LogP contribution in [0.3, 0.4) is 0 Å². The zero-order chi connectivity index (χ0) is 11.8. The van der Waals surface area contributed by atoms with Gasteiger partial charge in [0.25, 0.3) is 5.91 Å². The van der Waals surface area contributed by atoms with E-state index in [2.05, 4.69) is 11.2 Å². The van der Waals surface area contributed by atoms with Gasteiger partial charge in [0, 0.05) is 17.3 Å². The molecule has 0 N–H and O–H groups in total. The summed E-state index contributed by atoms with van der Waals surface area (Å²) >= 11 is 1.94. The van der Waals surface area contributed by atoms with Gasteiger partial charge in [0.1, 0.15) is 0 Å². The Kier molecular flexibility index (Phi) is 2.90. The summed E-state index contributed by atoms with van der Waals surface area (Å²) in [5.41, 5.74) is 0. The van der Waals surface area contributed by atoms with Crippen molar-refractivity contribution < 1.29 is 9.21 Å². The third kappa shape index (κ3) is 1.88. The molecule has 3 heterocycles. The summed E-state index contributed by atoms with van der Waals surface area (Å²) in [6.07, 6.45) is 8.36. The van der Waals surface area contributed by atoms with Gasteiger partial charge in [-0.2, -0.15) is 11.8 Å². The van der Waals surface area contributed by atoms with E-state index in [1.54, 1.807) is 18.4 Å². The Morgan fingerprint density at radius 1 is 1.41 bits per heavy atom. The first kappa shape index (κ1) is 11.2. The van der Waals surface area contributed by atoms with Crippen LogP contribution in [0.4, 0.5) is 0 Å². The highest BCUT2D eigenvalue weighted by molar-refractivity contribution is 7.99. The number of amides is 1. The molecule has 1 unspecified atom stereocenters. The maximum Gasteiger partial charge on any atom is 0.290 e. The topological polar surface area (TPSA) is 33.5 Å². The third-order valence-electron chi connectivity index (χ3n) is 3.99. The minimum atomic E-state index is 0.0852. The van der Waals surface area contributed by atoms with E-state index >= 15 is 0 Å². The van der Waals surface area contributed by atoms with E-state index in [4.69, 9.17) is 4.42 Å². The van der Waals surface area contributed by atoms with Crippen molar-refractivity contribution in [3.63, 3.8) is 0 Å². The molecule has 1 amide bonds. The summed E-state index contributed by atoms with van der Waals surface area (Å²) in [5.74, 6) is 0.576. The number of hydrogen-bond donors (Lipinski definition) is 0. The van der Waals surface area contributed by atoms with Crippen LogP contribution >= 0.6 is 11.8 Å². The normalized spacial score (nSPS) is 31.8. The standard InChI is InChI=1S/C13H17NO2S/c1-17-11-7-9-4-5-10(8-11)14(9)13(15)12-3-2-6-16-12/h2-3,6,9-11H,4-5,7-8H2,1H3/t9-,10+,11?. The van der Waals surface area contributed by atoms with Gasteiger partial charge < -0.3 is 9.32 Å². The quantitative estimate of drug-likeness (QED) is 0.810. The molecule has 17 heavy (non-hydrogen) atoms. The van der Waals surface area contributed by atoms with Crippen LogP contribution in [0.15, 0.2) is 22.8 Å². The average molecular weight is 251 g/mol. The van der Waals surface area contributed by atoms with Gasteiger partial charge in [-0.1, -0.05) is 0 Å². The largest absolute Gasteiger partial charge is 0.459 e. The Morgan fingerprint density at radius 3 is 2.65 bits per heavy atom. The smallest absolute Gasteiger partial charge is 0.290 e. The molecule has 4 heteroatoms. The highest BCUT2D eigenvalue weighted by atomic mass is 32.2. The first-order valence-corrected chi connectivity index (χ1v) is 7.47. The van der Waals surface area contributed by atoms with E-state index in [1.165, 1.54) is 0 Å². The molecule has 3 rings (SSSR count). The lowest BCUT2D eigenvalue weighted by Gasteiger charge is -2.37. The van der Waals surface area contributed by atoms with Crippen LogP contribution in [-0.4, -0.2) is 34.4 Å². The number of fused-ring (bicyclic) bond motifs is 2.